The maximum atomic E-state index is 12.3. The highest BCUT2D eigenvalue weighted by atomic mass is 16.5. The lowest BCUT2D eigenvalue weighted by Crippen LogP contribution is -2.53. The van der Waals surface area contributed by atoms with Gasteiger partial charge >= 0.3 is 0 Å². The number of hydrogen-bond donors (Lipinski definition) is 1. The van der Waals surface area contributed by atoms with Crippen LogP contribution in [0.15, 0.2) is 24.3 Å². The van der Waals surface area contributed by atoms with Crippen LogP contribution < -0.4 is 10.1 Å². The molecule has 0 radical (unpaired) electrons. The quantitative estimate of drug-likeness (QED) is 0.830. The van der Waals surface area contributed by atoms with Crippen molar-refractivity contribution in [2.75, 3.05) is 26.7 Å². The number of carbonyl (C=O) groups is 1. The Morgan fingerprint density at radius 3 is 2.83 bits per heavy atom. The molecule has 0 bridgehead atoms. The Labute approximate surface area is 106 Å². The van der Waals surface area contributed by atoms with Gasteiger partial charge in [0.1, 0.15) is 11.8 Å². The largest absolute Gasteiger partial charge is 0.497 e. The van der Waals surface area contributed by atoms with Crippen molar-refractivity contribution in [2.24, 2.45) is 0 Å². The van der Waals surface area contributed by atoms with Crippen molar-refractivity contribution >= 4 is 5.91 Å². The SMILES string of the molecule is COc1ccc(C(=O)N2CCNCC2C#N)cc1. The number of nitrogens with one attached hydrogen (secondary N) is 1. The third kappa shape index (κ3) is 2.44. The van der Waals surface area contributed by atoms with Gasteiger partial charge in [0, 0.05) is 25.2 Å². The van der Waals surface area contributed by atoms with E-state index in [0.717, 1.165) is 6.54 Å². The highest BCUT2D eigenvalue weighted by Gasteiger charge is 2.26. The Balaban J connectivity index is 2.16. The molecule has 2 rings (SSSR count). The van der Waals surface area contributed by atoms with Gasteiger partial charge in [-0.05, 0) is 24.3 Å². The lowest BCUT2D eigenvalue weighted by Gasteiger charge is -2.32. The standard InChI is InChI=1S/C13H15N3O2/c1-18-12-4-2-10(3-5-12)13(17)16-7-6-15-9-11(16)8-14/h2-5,11,15H,6-7,9H2,1H3. The second-order valence-corrected chi connectivity index (χ2v) is 4.08. The fourth-order valence-electron chi connectivity index (χ4n) is 1.96. The molecule has 1 N–H and O–H groups in total. The van der Waals surface area contributed by atoms with Crippen LogP contribution in [0.2, 0.25) is 0 Å². The van der Waals surface area contributed by atoms with E-state index >= 15 is 0 Å². The molecule has 0 spiro atoms. The molecule has 5 nitrogen and oxygen atoms in total. The minimum absolute atomic E-state index is 0.106. The number of benzene rings is 1. The van der Waals surface area contributed by atoms with Crippen molar-refractivity contribution < 1.29 is 9.53 Å². The first-order valence-electron chi connectivity index (χ1n) is 5.81. The summed E-state index contributed by atoms with van der Waals surface area (Å²) in [6.45, 7) is 1.81. The van der Waals surface area contributed by atoms with Crippen molar-refractivity contribution in [3.63, 3.8) is 0 Å². The maximum Gasteiger partial charge on any atom is 0.255 e. The predicted octanol–water partition coefficient (Wildman–Crippen LogP) is 0.633. The van der Waals surface area contributed by atoms with Crippen molar-refractivity contribution in [1.82, 2.24) is 10.2 Å². The molecule has 5 heteroatoms. The molecule has 1 fully saturated rings. The van der Waals surface area contributed by atoms with Crippen molar-refractivity contribution in [1.29, 1.82) is 5.26 Å². The minimum Gasteiger partial charge on any atom is -0.497 e. The zero-order valence-corrected chi connectivity index (χ0v) is 10.2. The molecule has 1 aromatic carbocycles. The van der Waals surface area contributed by atoms with Crippen LogP contribution in [0.3, 0.4) is 0 Å². The molecular formula is C13H15N3O2. The van der Waals surface area contributed by atoms with Gasteiger partial charge in [0.25, 0.3) is 5.91 Å². The van der Waals surface area contributed by atoms with Gasteiger partial charge in [-0.15, -0.1) is 0 Å². The van der Waals surface area contributed by atoms with Gasteiger partial charge in [0.2, 0.25) is 0 Å². The van der Waals surface area contributed by atoms with Crippen LogP contribution in [0.25, 0.3) is 0 Å². The van der Waals surface area contributed by atoms with Crippen LogP contribution in [0.5, 0.6) is 5.75 Å². The first-order valence-corrected chi connectivity index (χ1v) is 5.81. The first kappa shape index (κ1) is 12.4. The van der Waals surface area contributed by atoms with E-state index in [1.165, 1.54) is 0 Å². The van der Waals surface area contributed by atoms with E-state index in [2.05, 4.69) is 11.4 Å². The third-order valence-electron chi connectivity index (χ3n) is 2.99. The Hall–Kier alpha value is -2.06. The monoisotopic (exact) mass is 245 g/mol. The summed E-state index contributed by atoms with van der Waals surface area (Å²) in [5.74, 6) is 0.606. The number of nitriles is 1. The number of rotatable bonds is 2. The molecule has 1 unspecified atom stereocenters. The molecule has 1 saturated heterocycles. The molecule has 1 heterocycles. The average Bonchev–Trinajstić information content (AvgIpc) is 2.46. The molecule has 0 aromatic heterocycles. The minimum atomic E-state index is -0.395. The summed E-state index contributed by atoms with van der Waals surface area (Å²) < 4.78 is 5.05. The van der Waals surface area contributed by atoms with Gasteiger partial charge in [-0.1, -0.05) is 0 Å². The zero-order chi connectivity index (χ0) is 13.0. The van der Waals surface area contributed by atoms with Gasteiger partial charge in [0.05, 0.1) is 13.2 Å². The van der Waals surface area contributed by atoms with E-state index in [9.17, 15) is 4.79 Å². The number of amides is 1. The van der Waals surface area contributed by atoms with Crippen LogP contribution >= 0.6 is 0 Å². The summed E-state index contributed by atoms with van der Waals surface area (Å²) >= 11 is 0. The molecule has 1 aliphatic rings. The summed E-state index contributed by atoms with van der Waals surface area (Å²) in [6, 6.07) is 8.68. The van der Waals surface area contributed by atoms with Crippen LogP contribution in [-0.4, -0.2) is 43.6 Å². The second kappa shape index (κ2) is 5.52. The normalized spacial score (nSPS) is 19.1. The van der Waals surface area contributed by atoms with Gasteiger partial charge in [-0.3, -0.25) is 4.79 Å². The summed E-state index contributed by atoms with van der Waals surface area (Å²) in [6.07, 6.45) is 0. The second-order valence-electron chi connectivity index (χ2n) is 4.08. The maximum absolute atomic E-state index is 12.3. The van der Waals surface area contributed by atoms with E-state index in [0.29, 0.717) is 24.4 Å². The van der Waals surface area contributed by atoms with Crippen LogP contribution in [0.4, 0.5) is 0 Å². The van der Waals surface area contributed by atoms with Gasteiger partial charge in [-0.2, -0.15) is 5.26 Å². The number of hydrogen-bond acceptors (Lipinski definition) is 4. The van der Waals surface area contributed by atoms with Crippen LogP contribution in [0.1, 0.15) is 10.4 Å². The van der Waals surface area contributed by atoms with Crippen LogP contribution in [-0.2, 0) is 0 Å². The Morgan fingerprint density at radius 1 is 1.50 bits per heavy atom. The number of nitrogens with zero attached hydrogens (tertiary/aromatic N) is 2. The van der Waals surface area contributed by atoms with E-state index in [4.69, 9.17) is 10.00 Å². The average molecular weight is 245 g/mol. The fourth-order valence-corrected chi connectivity index (χ4v) is 1.96. The van der Waals surface area contributed by atoms with Crippen molar-refractivity contribution in [3.8, 4) is 11.8 Å². The molecule has 1 amide bonds. The lowest BCUT2D eigenvalue weighted by molar-refractivity contribution is 0.0687. The number of piperazine rings is 1. The molecule has 94 valence electrons. The predicted molar refractivity (Wildman–Crippen MR) is 66.3 cm³/mol. The Kier molecular flexibility index (Phi) is 3.80. The molecule has 1 atom stereocenters. The molecule has 0 saturated carbocycles. The van der Waals surface area contributed by atoms with Gasteiger partial charge in [0.15, 0.2) is 0 Å². The number of ether oxygens (including phenoxy) is 1. The lowest BCUT2D eigenvalue weighted by atomic mass is 10.1. The molecule has 18 heavy (non-hydrogen) atoms. The fraction of sp³-hybridized carbons (Fsp3) is 0.385. The Bertz CT molecular complexity index is 464. The van der Waals surface area contributed by atoms with Crippen molar-refractivity contribution in [2.45, 2.75) is 6.04 Å². The summed E-state index contributed by atoms with van der Waals surface area (Å²) in [5.41, 5.74) is 0.581. The molecular weight excluding hydrogens is 230 g/mol. The van der Waals surface area contributed by atoms with Crippen molar-refractivity contribution in [3.05, 3.63) is 29.8 Å². The van der Waals surface area contributed by atoms with Crippen LogP contribution in [0, 0.1) is 11.3 Å². The summed E-state index contributed by atoms with van der Waals surface area (Å²) in [7, 11) is 1.58. The summed E-state index contributed by atoms with van der Waals surface area (Å²) in [4.78, 5) is 13.9. The van der Waals surface area contributed by atoms with E-state index in [-0.39, 0.29) is 5.91 Å². The third-order valence-corrected chi connectivity index (χ3v) is 2.99. The smallest absolute Gasteiger partial charge is 0.255 e. The zero-order valence-electron chi connectivity index (χ0n) is 10.2. The summed E-state index contributed by atoms with van der Waals surface area (Å²) in [5, 5.41) is 12.1. The molecule has 1 aromatic rings. The molecule has 1 aliphatic heterocycles. The highest BCUT2D eigenvalue weighted by Crippen LogP contribution is 2.15. The van der Waals surface area contributed by atoms with E-state index < -0.39 is 6.04 Å². The van der Waals surface area contributed by atoms with E-state index in [1.54, 1.807) is 36.3 Å². The Morgan fingerprint density at radius 2 is 2.22 bits per heavy atom. The molecule has 0 aliphatic carbocycles. The highest BCUT2D eigenvalue weighted by molar-refractivity contribution is 5.94. The van der Waals surface area contributed by atoms with Gasteiger partial charge in [-0.25, -0.2) is 0 Å². The topological polar surface area (TPSA) is 65.4 Å². The number of methoxy groups -OCH3 is 1. The number of carbonyl (C=O) groups excluding carboxylic acids is 1. The van der Waals surface area contributed by atoms with E-state index in [1.807, 2.05) is 0 Å². The van der Waals surface area contributed by atoms with Gasteiger partial charge < -0.3 is 15.0 Å². The first-order chi connectivity index (χ1) is 8.76.